The van der Waals surface area contributed by atoms with Gasteiger partial charge in [0.05, 0.1) is 6.54 Å². The molecule has 0 aliphatic carbocycles. The number of nitrogens with one attached hydrogen (secondary N) is 1. The minimum Gasteiger partial charge on any atom is -0.488 e. The van der Waals surface area contributed by atoms with Crippen LogP contribution in [0, 0.1) is 6.92 Å². The fourth-order valence-corrected chi connectivity index (χ4v) is 2.22. The molecule has 3 nitrogen and oxygen atoms in total. The van der Waals surface area contributed by atoms with Crippen molar-refractivity contribution >= 4 is 5.82 Å². The summed E-state index contributed by atoms with van der Waals surface area (Å²) in [5, 5.41) is 3.33. The molecule has 0 radical (unpaired) electrons. The number of para-hydroxylation sites is 1. The number of ether oxygens (including phenoxy) is 1. The highest BCUT2D eigenvalue weighted by molar-refractivity contribution is 5.40. The van der Waals surface area contributed by atoms with E-state index in [9.17, 15) is 0 Å². The van der Waals surface area contributed by atoms with Gasteiger partial charge in [-0.2, -0.15) is 0 Å². The zero-order valence-corrected chi connectivity index (χ0v) is 10.4. The van der Waals surface area contributed by atoms with E-state index in [0.717, 1.165) is 24.5 Å². The maximum Gasteiger partial charge on any atom is 0.126 e. The lowest BCUT2D eigenvalue weighted by atomic mass is 10.1. The predicted octanol–water partition coefficient (Wildman–Crippen LogP) is 2.81. The molecule has 0 saturated heterocycles. The number of fused-ring (bicyclic) bond motifs is 1. The number of nitrogens with zero attached hydrogens (tertiary/aromatic N) is 1. The quantitative estimate of drug-likeness (QED) is 0.895. The molecule has 18 heavy (non-hydrogen) atoms. The summed E-state index contributed by atoms with van der Waals surface area (Å²) in [6.45, 7) is 2.85. The lowest BCUT2D eigenvalue weighted by molar-refractivity contribution is 0.246. The van der Waals surface area contributed by atoms with Crippen LogP contribution in [0.25, 0.3) is 0 Å². The van der Waals surface area contributed by atoms with Crippen molar-refractivity contribution in [3.8, 4) is 5.75 Å². The Balaban J connectivity index is 1.60. The first-order valence-electron chi connectivity index (χ1n) is 6.22. The summed E-state index contributed by atoms with van der Waals surface area (Å²) >= 11 is 0. The van der Waals surface area contributed by atoms with Crippen molar-refractivity contribution in [2.75, 3.05) is 11.9 Å². The Bertz CT molecular complexity index is 529. The SMILES string of the molecule is Cc1ccnc(NCC2Cc3ccccc3O2)c1. The molecule has 1 atom stereocenters. The summed E-state index contributed by atoms with van der Waals surface area (Å²) < 4.78 is 5.87. The van der Waals surface area contributed by atoms with E-state index in [1.54, 1.807) is 0 Å². The van der Waals surface area contributed by atoms with E-state index in [0.29, 0.717) is 0 Å². The van der Waals surface area contributed by atoms with Crippen molar-refractivity contribution in [1.29, 1.82) is 0 Å². The summed E-state index contributed by atoms with van der Waals surface area (Å²) in [6, 6.07) is 12.3. The third-order valence-corrected chi connectivity index (χ3v) is 3.14. The Morgan fingerprint density at radius 2 is 2.22 bits per heavy atom. The van der Waals surface area contributed by atoms with Gasteiger partial charge in [-0.1, -0.05) is 18.2 Å². The highest BCUT2D eigenvalue weighted by Gasteiger charge is 2.21. The molecular formula is C15H16N2O. The van der Waals surface area contributed by atoms with E-state index < -0.39 is 0 Å². The van der Waals surface area contributed by atoms with Crippen LogP contribution in [0.2, 0.25) is 0 Å². The standard InChI is InChI=1S/C15H16N2O/c1-11-6-7-16-15(8-11)17-10-13-9-12-4-2-3-5-14(12)18-13/h2-8,13H,9-10H2,1H3,(H,16,17). The summed E-state index contributed by atoms with van der Waals surface area (Å²) in [5.41, 5.74) is 2.50. The summed E-state index contributed by atoms with van der Waals surface area (Å²) in [4.78, 5) is 4.28. The maximum absolute atomic E-state index is 5.87. The number of aromatic nitrogens is 1. The topological polar surface area (TPSA) is 34.2 Å². The molecule has 0 saturated carbocycles. The first kappa shape index (κ1) is 11.1. The smallest absolute Gasteiger partial charge is 0.126 e. The minimum absolute atomic E-state index is 0.199. The molecule has 1 N–H and O–H groups in total. The number of hydrogen-bond donors (Lipinski definition) is 1. The number of pyridine rings is 1. The van der Waals surface area contributed by atoms with Gasteiger partial charge in [0.1, 0.15) is 17.7 Å². The molecule has 3 heteroatoms. The summed E-state index contributed by atoms with van der Waals surface area (Å²) in [6.07, 6.45) is 2.99. The molecule has 1 unspecified atom stereocenters. The normalized spacial score (nSPS) is 17.1. The zero-order chi connectivity index (χ0) is 12.4. The van der Waals surface area contributed by atoms with Crippen LogP contribution in [0.5, 0.6) is 5.75 Å². The van der Waals surface area contributed by atoms with Gasteiger partial charge in [0.15, 0.2) is 0 Å². The number of hydrogen-bond acceptors (Lipinski definition) is 3. The Hall–Kier alpha value is -2.03. The van der Waals surface area contributed by atoms with Crippen molar-refractivity contribution in [2.45, 2.75) is 19.4 Å². The van der Waals surface area contributed by atoms with Gasteiger partial charge in [0.2, 0.25) is 0 Å². The molecule has 0 amide bonds. The minimum atomic E-state index is 0.199. The molecule has 0 bridgehead atoms. The van der Waals surface area contributed by atoms with Gasteiger partial charge in [-0.25, -0.2) is 4.98 Å². The third kappa shape index (κ3) is 2.30. The van der Waals surface area contributed by atoms with E-state index in [1.807, 2.05) is 30.5 Å². The van der Waals surface area contributed by atoms with Gasteiger partial charge in [-0.05, 0) is 36.2 Å². The molecule has 2 aromatic rings. The van der Waals surface area contributed by atoms with Crippen LogP contribution in [-0.2, 0) is 6.42 Å². The van der Waals surface area contributed by atoms with E-state index in [-0.39, 0.29) is 6.10 Å². The van der Waals surface area contributed by atoms with E-state index in [2.05, 4.69) is 29.4 Å². The third-order valence-electron chi connectivity index (χ3n) is 3.14. The Labute approximate surface area is 107 Å². The van der Waals surface area contributed by atoms with E-state index >= 15 is 0 Å². The highest BCUT2D eigenvalue weighted by Crippen LogP contribution is 2.28. The van der Waals surface area contributed by atoms with E-state index in [4.69, 9.17) is 4.74 Å². The molecule has 2 heterocycles. The average Bonchev–Trinajstić information content (AvgIpc) is 2.79. The number of benzene rings is 1. The fourth-order valence-electron chi connectivity index (χ4n) is 2.22. The van der Waals surface area contributed by atoms with Crippen molar-refractivity contribution in [2.24, 2.45) is 0 Å². The first-order chi connectivity index (χ1) is 8.81. The van der Waals surface area contributed by atoms with Crippen molar-refractivity contribution in [3.63, 3.8) is 0 Å². The Morgan fingerprint density at radius 1 is 1.33 bits per heavy atom. The largest absolute Gasteiger partial charge is 0.488 e. The number of rotatable bonds is 3. The second-order valence-electron chi connectivity index (χ2n) is 4.65. The highest BCUT2D eigenvalue weighted by atomic mass is 16.5. The predicted molar refractivity (Wildman–Crippen MR) is 72.0 cm³/mol. The van der Waals surface area contributed by atoms with Crippen LogP contribution in [0.1, 0.15) is 11.1 Å². The Morgan fingerprint density at radius 3 is 3.06 bits per heavy atom. The summed E-state index contributed by atoms with van der Waals surface area (Å²) in [7, 11) is 0. The van der Waals surface area contributed by atoms with Gasteiger partial charge in [-0.3, -0.25) is 0 Å². The van der Waals surface area contributed by atoms with Gasteiger partial charge >= 0.3 is 0 Å². The van der Waals surface area contributed by atoms with Gasteiger partial charge in [0.25, 0.3) is 0 Å². The molecule has 3 rings (SSSR count). The van der Waals surface area contributed by atoms with Gasteiger partial charge in [-0.15, -0.1) is 0 Å². The molecule has 1 aliphatic rings. The van der Waals surface area contributed by atoms with Crippen LogP contribution in [0.15, 0.2) is 42.6 Å². The molecule has 0 fully saturated rings. The maximum atomic E-state index is 5.87. The molecule has 1 aliphatic heterocycles. The zero-order valence-electron chi connectivity index (χ0n) is 10.4. The number of aryl methyl sites for hydroxylation is 1. The lowest BCUT2D eigenvalue weighted by Gasteiger charge is -2.12. The van der Waals surface area contributed by atoms with Crippen molar-refractivity contribution in [3.05, 3.63) is 53.7 Å². The number of anilines is 1. The fraction of sp³-hybridized carbons (Fsp3) is 0.267. The second-order valence-corrected chi connectivity index (χ2v) is 4.65. The van der Waals surface area contributed by atoms with Crippen LogP contribution in [0.3, 0.4) is 0 Å². The molecular weight excluding hydrogens is 224 g/mol. The molecule has 92 valence electrons. The van der Waals surface area contributed by atoms with Gasteiger partial charge in [0, 0.05) is 12.6 Å². The molecule has 1 aromatic carbocycles. The van der Waals surface area contributed by atoms with Crippen LogP contribution < -0.4 is 10.1 Å². The summed E-state index contributed by atoms with van der Waals surface area (Å²) in [5.74, 6) is 1.93. The van der Waals surface area contributed by atoms with E-state index in [1.165, 1.54) is 11.1 Å². The van der Waals surface area contributed by atoms with Crippen LogP contribution in [-0.4, -0.2) is 17.6 Å². The second kappa shape index (κ2) is 4.69. The Kier molecular flexibility index (Phi) is 2.89. The van der Waals surface area contributed by atoms with Gasteiger partial charge < -0.3 is 10.1 Å². The van der Waals surface area contributed by atoms with Crippen LogP contribution >= 0.6 is 0 Å². The van der Waals surface area contributed by atoms with Crippen molar-refractivity contribution in [1.82, 2.24) is 4.98 Å². The van der Waals surface area contributed by atoms with Crippen LogP contribution in [0.4, 0.5) is 5.82 Å². The molecule has 1 aromatic heterocycles. The molecule has 0 spiro atoms. The average molecular weight is 240 g/mol. The first-order valence-corrected chi connectivity index (χ1v) is 6.22. The lowest BCUT2D eigenvalue weighted by Crippen LogP contribution is -2.24. The monoisotopic (exact) mass is 240 g/mol. The van der Waals surface area contributed by atoms with Crippen molar-refractivity contribution < 1.29 is 4.74 Å².